The van der Waals surface area contributed by atoms with Crippen LogP contribution in [0.3, 0.4) is 0 Å². The van der Waals surface area contributed by atoms with E-state index in [0.717, 1.165) is 29.1 Å². The predicted octanol–water partition coefficient (Wildman–Crippen LogP) is 4.74. The minimum Gasteiger partial charge on any atom is -0.481 e. The zero-order valence-electron chi connectivity index (χ0n) is 18.4. The number of benzene rings is 2. The van der Waals surface area contributed by atoms with Crippen LogP contribution in [0.5, 0.6) is 5.75 Å². The number of rotatable bonds is 7. The summed E-state index contributed by atoms with van der Waals surface area (Å²) in [5, 5.41) is 2.91. The Kier molecular flexibility index (Phi) is 5.51. The highest BCUT2D eigenvalue weighted by molar-refractivity contribution is 5.80. The molecule has 4 saturated carbocycles. The smallest absolute Gasteiger partial charge is 0.260 e. The molecule has 0 aliphatic heterocycles. The molecule has 31 heavy (non-hydrogen) atoms. The molecule has 0 spiro atoms. The lowest BCUT2D eigenvalue weighted by Gasteiger charge is -2.57. The number of hydrogen-bond donors (Lipinski definition) is 2. The quantitative estimate of drug-likeness (QED) is 0.683. The largest absolute Gasteiger partial charge is 0.481 e. The molecule has 3 N–H and O–H groups in total. The summed E-state index contributed by atoms with van der Waals surface area (Å²) in [6.07, 6.45) is 7.90. The van der Waals surface area contributed by atoms with E-state index in [1.807, 2.05) is 42.5 Å². The summed E-state index contributed by atoms with van der Waals surface area (Å²) in [6.45, 7) is 2.18. The molecule has 4 nitrogen and oxygen atoms in total. The van der Waals surface area contributed by atoms with E-state index in [2.05, 4.69) is 17.4 Å². The molecule has 2 aromatic rings. The third kappa shape index (κ3) is 4.23. The molecule has 4 heteroatoms. The Bertz CT molecular complexity index is 873. The van der Waals surface area contributed by atoms with Gasteiger partial charge in [-0.3, -0.25) is 4.79 Å². The molecule has 2 aromatic carbocycles. The maximum atomic E-state index is 12.5. The molecule has 0 heterocycles. The minimum atomic E-state index is -0.562. The number of carbonyl (C=O) groups is 1. The third-order valence-corrected chi connectivity index (χ3v) is 7.91. The van der Waals surface area contributed by atoms with E-state index < -0.39 is 6.10 Å². The van der Waals surface area contributed by atoms with Crippen molar-refractivity contribution in [2.75, 3.05) is 6.54 Å². The summed E-state index contributed by atoms with van der Waals surface area (Å²) in [5.41, 5.74) is 9.06. The maximum Gasteiger partial charge on any atom is 0.260 e. The van der Waals surface area contributed by atoms with Gasteiger partial charge in [-0.05, 0) is 91.9 Å². The van der Waals surface area contributed by atoms with Crippen LogP contribution in [0, 0.1) is 17.8 Å². The first-order valence-corrected chi connectivity index (χ1v) is 11.9. The van der Waals surface area contributed by atoms with Gasteiger partial charge in [-0.25, -0.2) is 0 Å². The zero-order valence-corrected chi connectivity index (χ0v) is 18.4. The van der Waals surface area contributed by atoms with E-state index in [4.69, 9.17) is 10.5 Å². The van der Waals surface area contributed by atoms with Gasteiger partial charge in [-0.1, -0.05) is 42.5 Å². The van der Waals surface area contributed by atoms with Gasteiger partial charge in [0, 0.05) is 12.6 Å². The average molecular weight is 419 g/mol. The predicted molar refractivity (Wildman–Crippen MR) is 123 cm³/mol. The Morgan fingerprint density at radius 3 is 2.16 bits per heavy atom. The van der Waals surface area contributed by atoms with Crippen LogP contribution in [-0.4, -0.2) is 18.6 Å². The van der Waals surface area contributed by atoms with Crippen molar-refractivity contribution in [3.05, 3.63) is 65.7 Å². The van der Waals surface area contributed by atoms with Crippen LogP contribution in [-0.2, 0) is 10.2 Å². The number of carbonyl (C=O) groups excluding carboxylic acids is 1. The Hall–Kier alpha value is -2.33. The number of hydrogen-bond acceptors (Lipinski definition) is 3. The van der Waals surface area contributed by atoms with Crippen molar-refractivity contribution >= 4 is 5.91 Å². The van der Waals surface area contributed by atoms with E-state index in [-0.39, 0.29) is 11.9 Å². The molecule has 1 amide bonds. The molecule has 4 aliphatic carbocycles. The average Bonchev–Trinajstić information content (AvgIpc) is 2.77. The van der Waals surface area contributed by atoms with Gasteiger partial charge in [0.15, 0.2) is 6.10 Å². The van der Waals surface area contributed by atoms with E-state index in [1.165, 1.54) is 44.1 Å². The molecule has 4 fully saturated rings. The molecule has 6 rings (SSSR count). The third-order valence-electron chi connectivity index (χ3n) is 7.91. The highest BCUT2D eigenvalue weighted by atomic mass is 16.5. The lowest BCUT2D eigenvalue weighted by atomic mass is 9.48. The first-order valence-electron chi connectivity index (χ1n) is 11.9. The van der Waals surface area contributed by atoms with Crippen LogP contribution in [0.4, 0.5) is 0 Å². The molecule has 1 unspecified atom stereocenters. The minimum absolute atomic E-state index is 0.142. The van der Waals surface area contributed by atoms with Gasteiger partial charge in [0.1, 0.15) is 5.75 Å². The SMILES string of the molecule is CC(Oc1ccc(C23CC4CC(CC(C4)C2)C3)cc1)C(=O)NC[C@@H](N)c1ccccc1. The highest BCUT2D eigenvalue weighted by Crippen LogP contribution is 2.60. The standard InChI is InChI=1S/C27H34N2O2/c1-18(26(30)29-17-25(28)22-5-3-2-4-6-22)31-24-9-7-23(8-10-24)27-14-19-11-20(15-27)13-21(12-19)16-27/h2-10,18-21,25H,11-17,28H2,1H3,(H,29,30)/t18?,19?,20?,21?,25-,27?/m1/s1. The van der Waals surface area contributed by atoms with Crippen molar-refractivity contribution in [3.8, 4) is 5.75 Å². The first kappa shape index (κ1) is 20.6. The molecule has 4 bridgehead atoms. The molecule has 0 aromatic heterocycles. The van der Waals surface area contributed by atoms with E-state index in [9.17, 15) is 4.79 Å². The maximum absolute atomic E-state index is 12.5. The lowest BCUT2D eigenvalue weighted by molar-refractivity contribution is -0.127. The van der Waals surface area contributed by atoms with Gasteiger partial charge in [-0.15, -0.1) is 0 Å². The van der Waals surface area contributed by atoms with Crippen LogP contribution in [0.2, 0.25) is 0 Å². The van der Waals surface area contributed by atoms with Crippen LogP contribution in [0.25, 0.3) is 0 Å². The first-order chi connectivity index (χ1) is 15.0. The van der Waals surface area contributed by atoms with Crippen LogP contribution in [0.1, 0.15) is 62.6 Å². The summed E-state index contributed by atoms with van der Waals surface area (Å²) in [4.78, 5) is 12.5. The van der Waals surface area contributed by atoms with Gasteiger partial charge in [0.05, 0.1) is 0 Å². The Balaban J connectivity index is 1.17. The van der Waals surface area contributed by atoms with Crippen molar-refractivity contribution in [1.82, 2.24) is 5.32 Å². The van der Waals surface area contributed by atoms with Gasteiger partial charge in [-0.2, -0.15) is 0 Å². The summed E-state index contributed by atoms with van der Waals surface area (Å²) >= 11 is 0. The molecule has 0 saturated heterocycles. The van der Waals surface area contributed by atoms with Crippen molar-refractivity contribution in [2.45, 2.75) is 63.0 Å². The van der Waals surface area contributed by atoms with E-state index in [1.54, 1.807) is 6.92 Å². The molecule has 4 aliphatic rings. The van der Waals surface area contributed by atoms with Crippen LogP contribution < -0.4 is 15.8 Å². The highest BCUT2D eigenvalue weighted by Gasteiger charge is 2.51. The fraction of sp³-hybridized carbons (Fsp3) is 0.519. The fourth-order valence-corrected chi connectivity index (χ4v) is 6.78. The normalized spacial score (nSPS) is 30.6. The zero-order chi connectivity index (χ0) is 21.4. The fourth-order valence-electron chi connectivity index (χ4n) is 6.78. The summed E-state index contributed by atoms with van der Waals surface area (Å²) in [5.74, 6) is 3.43. The summed E-state index contributed by atoms with van der Waals surface area (Å²) in [6, 6.07) is 18.2. The Labute approximate surface area is 185 Å². The van der Waals surface area contributed by atoms with Crippen LogP contribution in [0.15, 0.2) is 54.6 Å². The topological polar surface area (TPSA) is 64.3 Å². The number of nitrogens with one attached hydrogen (secondary N) is 1. The number of amides is 1. The monoisotopic (exact) mass is 418 g/mol. The second-order valence-electron chi connectivity index (χ2n) is 10.2. The molecule has 2 atom stereocenters. The summed E-state index contributed by atoms with van der Waals surface area (Å²) in [7, 11) is 0. The Morgan fingerprint density at radius 2 is 1.58 bits per heavy atom. The molecular weight excluding hydrogens is 384 g/mol. The Morgan fingerprint density at radius 1 is 1.00 bits per heavy atom. The van der Waals surface area contributed by atoms with Gasteiger partial charge in [0.2, 0.25) is 0 Å². The second kappa shape index (κ2) is 8.31. The second-order valence-corrected chi connectivity index (χ2v) is 10.2. The molecular formula is C27H34N2O2. The number of ether oxygens (including phenoxy) is 1. The van der Waals surface area contributed by atoms with Gasteiger partial charge in [0.25, 0.3) is 5.91 Å². The summed E-state index contributed by atoms with van der Waals surface area (Å²) < 4.78 is 5.94. The van der Waals surface area contributed by atoms with Crippen molar-refractivity contribution in [2.24, 2.45) is 23.5 Å². The van der Waals surface area contributed by atoms with E-state index >= 15 is 0 Å². The molecule has 0 radical (unpaired) electrons. The lowest BCUT2D eigenvalue weighted by Crippen LogP contribution is -2.48. The van der Waals surface area contributed by atoms with Crippen LogP contribution >= 0.6 is 0 Å². The number of nitrogens with two attached hydrogens (primary N) is 1. The van der Waals surface area contributed by atoms with E-state index in [0.29, 0.717) is 12.0 Å². The van der Waals surface area contributed by atoms with Gasteiger partial charge < -0.3 is 15.8 Å². The van der Waals surface area contributed by atoms with Crippen molar-refractivity contribution in [1.29, 1.82) is 0 Å². The van der Waals surface area contributed by atoms with Crippen molar-refractivity contribution in [3.63, 3.8) is 0 Å². The molecule has 164 valence electrons. The van der Waals surface area contributed by atoms with Crippen molar-refractivity contribution < 1.29 is 9.53 Å². The van der Waals surface area contributed by atoms with Gasteiger partial charge >= 0.3 is 0 Å².